The first-order valence-electron chi connectivity index (χ1n) is 9.38. The third-order valence-corrected chi connectivity index (χ3v) is 5.51. The lowest BCUT2D eigenvalue weighted by Gasteiger charge is -2.17. The Hall–Kier alpha value is -2.15. The predicted octanol–water partition coefficient (Wildman–Crippen LogP) is 0.268. The van der Waals surface area contributed by atoms with Gasteiger partial charge in [0, 0.05) is 6.42 Å². The maximum absolute atomic E-state index is 12.0. The van der Waals surface area contributed by atoms with Gasteiger partial charge in [-0.1, -0.05) is 19.8 Å². The number of anilines is 1. The highest BCUT2D eigenvalue weighted by Gasteiger charge is 2.45. The number of unbranched alkanes of at least 4 members (excludes halogenated alkanes) is 2. The number of imidazole rings is 1. The lowest BCUT2D eigenvalue weighted by atomic mass is 10.1. The highest BCUT2D eigenvalue weighted by Crippen LogP contribution is 2.45. The zero-order valence-electron chi connectivity index (χ0n) is 16.2. The van der Waals surface area contributed by atoms with Crippen molar-refractivity contribution in [3.05, 3.63) is 12.7 Å². The molecule has 5 unspecified atom stereocenters. The highest BCUT2D eigenvalue weighted by molar-refractivity contribution is 7.48. The van der Waals surface area contributed by atoms with Crippen LogP contribution in [0.1, 0.15) is 38.8 Å². The fourth-order valence-corrected chi connectivity index (χ4v) is 3.78. The summed E-state index contributed by atoms with van der Waals surface area (Å²) < 4.78 is 28.2. The van der Waals surface area contributed by atoms with Crippen molar-refractivity contribution in [2.45, 2.75) is 57.1 Å². The van der Waals surface area contributed by atoms with Crippen molar-refractivity contribution in [2.24, 2.45) is 0 Å². The van der Waals surface area contributed by atoms with E-state index >= 15 is 0 Å². The van der Waals surface area contributed by atoms with Gasteiger partial charge >= 0.3 is 13.8 Å². The number of ether oxygens (including phenoxy) is 1. The molecule has 1 saturated heterocycles. The second-order valence-electron chi connectivity index (χ2n) is 6.81. The molecule has 5 N–H and O–H groups in total. The van der Waals surface area contributed by atoms with Crippen molar-refractivity contribution in [1.82, 2.24) is 19.5 Å². The molecule has 13 nitrogen and oxygen atoms in total. The van der Waals surface area contributed by atoms with E-state index < -0.39 is 44.9 Å². The van der Waals surface area contributed by atoms with E-state index in [4.69, 9.17) is 15.0 Å². The Morgan fingerprint density at radius 1 is 1.30 bits per heavy atom. The minimum Gasteiger partial charge on any atom is -0.387 e. The van der Waals surface area contributed by atoms with Crippen LogP contribution in [0.4, 0.5) is 5.82 Å². The van der Waals surface area contributed by atoms with Crippen molar-refractivity contribution < 1.29 is 38.3 Å². The maximum atomic E-state index is 12.0. The monoisotopic (exact) mass is 445 g/mol. The molecule has 0 bridgehead atoms. The number of carbonyl (C=O) groups is 1. The van der Waals surface area contributed by atoms with Gasteiger partial charge in [0.25, 0.3) is 0 Å². The van der Waals surface area contributed by atoms with Crippen molar-refractivity contribution in [1.29, 1.82) is 0 Å². The summed E-state index contributed by atoms with van der Waals surface area (Å²) in [4.78, 5) is 33.3. The fourth-order valence-electron chi connectivity index (χ4n) is 3.04. The summed E-state index contributed by atoms with van der Waals surface area (Å²) in [5.74, 6) is -0.726. The van der Waals surface area contributed by atoms with Crippen LogP contribution in [0, 0.1) is 0 Å². The van der Waals surface area contributed by atoms with E-state index in [1.165, 1.54) is 17.2 Å². The molecule has 0 saturated carbocycles. The summed E-state index contributed by atoms with van der Waals surface area (Å²) in [5, 5.41) is 20.6. The number of rotatable bonds is 9. The molecule has 0 aromatic carbocycles. The van der Waals surface area contributed by atoms with Crippen molar-refractivity contribution in [3.8, 4) is 0 Å². The molecule has 0 amide bonds. The minimum absolute atomic E-state index is 0.0101. The van der Waals surface area contributed by atoms with E-state index in [1.54, 1.807) is 0 Å². The van der Waals surface area contributed by atoms with E-state index in [2.05, 4.69) is 19.5 Å². The van der Waals surface area contributed by atoms with E-state index in [1.807, 2.05) is 6.92 Å². The van der Waals surface area contributed by atoms with Crippen molar-refractivity contribution >= 4 is 30.8 Å². The summed E-state index contributed by atoms with van der Waals surface area (Å²) in [7, 11) is -4.70. The smallest absolute Gasteiger partial charge is 0.387 e. The second-order valence-corrected chi connectivity index (χ2v) is 8.19. The van der Waals surface area contributed by atoms with E-state index in [0.29, 0.717) is 6.42 Å². The van der Waals surface area contributed by atoms with E-state index in [9.17, 15) is 24.5 Å². The van der Waals surface area contributed by atoms with Gasteiger partial charge in [-0.15, -0.1) is 0 Å². The molecule has 14 heteroatoms. The third-order valence-electron chi connectivity index (χ3n) is 4.60. The van der Waals surface area contributed by atoms with Gasteiger partial charge in [-0.3, -0.25) is 18.8 Å². The maximum Gasteiger partial charge on any atom is 0.529 e. The van der Waals surface area contributed by atoms with Gasteiger partial charge in [0.1, 0.15) is 30.2 Å². The van der Waals surface area contributed by atoms with E-state index in [0.717, 1.165) is 12.8 Å². The summed E-state index contributed by atoms with van der Waals surface area (Å²) in [5.41, 5.74) is 6.29. The first-order valence-corrected chi connectivity index (χ1v) is 10.9. The quantitative estimate of drug-likeness (QED) is 0.304. The number of aliphatic hydroxyl groups is 2. The molecule has 30 heavy (non-hydrogen) atoms. The lowest BCUT2D eigenvalue weighted by molar-refractivity contribution is -0.136. The molecule has 0 spiro atoms. The second kappa shape index (κ2) is 9.33. The molecule has 3 heterocycles. The van der Waals surface area contributed by atoms with Crippen LogP contribution in [0.15, 0.2) is 12.7 Å². The Balaban J connectivity index is 1.62. The molecular formula is C16H24N5O8P. The van der Waals surface area contributed by atoms with Crippen LogP contribution < -0.4 is 5.73 Å². The van der Waals surface area contributed by atoms with Crippen LogP contribution in [0.25, 0.3) is 11.2 Å². The molecule has 166 valence electrons. The number of nitrogens with zero attached hydrogens (tertiary/aromatic N) is 4. The minimum atomic E-state index is -4.70. The average molecular weight is 445 g/mol. The zero-order chi connectivity index (χ0) is 21.9. The normalized spacial score (nSPS) is 26.0. The summed E-state index contributed by atoms with van der Waals surface area (Å²) in [6.45, 7) is 1.35. The van der Waals surface area contributed by atoms with Gasteiger partial charge in [0.2, 0.25) is 0 Å². The summed E-state index contributed by atoms with van der Waals surface area (Å²) in [6.07, 6.45) is -0.445. The van der Waals surface area contributed by atoms with Crippen LogP contribution in [-0.2, 0) is 23.1 Å². The average Bonchev–Trinajstić information content (AvgIpc) is 3.23. The molecule has 1 aliphatic rings. The number of aromatic nitrogens is 4. The first kappa shape index (κ1) is 22.5. The SMILES string of the molecule is CCCCCC(=O)OP(=O)(O)OCC1OC(n2cnc3c(N)ncnc32)C(O)C1O. The summed E-state index contributed by atoms with van der Waals surface area (Å²) in [6, 6.07) is 0. The molecular weight excluding hydrogens is 421 g/mol. The van der Waals surface area contributed by atoms with Gasteiger partial charge in [-0.05, 0) is 6.42 Å². The Bertz CT molecular complexity index is 939. The largest absolute Gasteiger partial charge is 0.529 e. The molecule has 0 radical (unpaired) electrons. The Morgan fingerprint density at radius 2 is 2.07 bits per heavy atom. The van der Waals surface area contributed by atoms with E-state index in [-0.39, 0.29) is 23.4 Å². The molecule has 1 aliphatic heterocycles. The molecule has 0 aliphatic carbocycles. The number of phosphoric ester groups is 1. The van der Waals surface area contributed by atoms with Crippen LogP contribution in [-0.4, -0.2) is 65.5 Å². The predicted molar refractivity (Wildman–Crippen MR) is 102 cm³/mol. The van der Waals surface area contributed by atoms with Gasteiger partial charge in [0.05, 0.1) is 12.9 Å². The standard InChI is InChI=1S/C16H24N5O8P/c1-2-3-4-5-10(22)29-30(25,26)27-6-9-12(23)13(24)16(28-9)21-8-20-11-14(17)18-7-19-15(11)21/h7-9,12-13,16,23-24H,2-6H2,1H3,(H,25,26)(H2,17,18,19). The number of hydrogen-bond acceptors (Lipinski definition) is 11. The number of carbonyl (C=O) groups excluding carboxylic acids is 1. The molecule has 5 atom stereocenters. The number of aliphatic hydroxyl groups excluding tert-OH is 2. The molecule has 3 rings (SSSR count). The molecule has 1 fully saturated rings. The van der Waals surface area contributed by atoms with Crippen molar-refractivity contribution in [3.63, 3.8) is 0 Å². The van der Waals surface area contributed by atoms with Crippen LogP contribution in [0.3, 0.4) is 0 Å². The lowest BCUT2D eigenvalue weighted by Crippen LogP contribution is -2.33. The van der Waals surface area contributed by atoms with Gasteiger partial charge in [0.15, 0.2) is 17.7 Å². The molecule has 2 aromatic heterocycles. The third kappa shape index (κ3) is 4.94. The van der Waals surface area contributed by atoms with Crippen LogP contribution in [0.2, 0.25) is 0 Å². The van der Waals surface area contributed by atoms with Gasteiger partial charge in [-0.2, -0.15) is 0 Å². The topological polar surface area (TPSA) is 192 Å². The Labute approximate surface area is 171 Å². The number of hydrogen-bond donors (Lipinski definition) is 4. The molecule has 2 aromatic rings. The summed E-state index contributed by atoms with van der Waals surface area (Å²) >= 11 is 0. The van der Waals surface area contributed by atoms with Gasteiger partial charge in [-0.25, -0.2) is 19.5 Å². The Morgan fingerprint density at radius 3 is 2.80 bits per heavy atom. The Kier molecular flexibility index (Phi) is 7.01. The number of nitrogens with two attached hydrogens (primary N) is 1. The number of nitrogen functional groups attached to an aromatic ring is 1. The van der Waals surface area contributed by atoms with Gasteiger partial charge < -0.3 is 25.2 Å². The van der Waals surface area contributed by atoms with Crippen LogP contribution in [0.5, 0.6) is 0 Å². The highest BCUT2D eigenvalue weighted by atomic mass is 31.2. The van der Waals surface area contributed by atoms with Crippen molar-refractivity contribution in [2.75, 3.05) is 12.3 Å². The number of fused-ring (bicyclic) bond motifs is 1. The first-order chi connectivity index (χ1) is 14.2. The van der Waals surface area contributed by atoms with Crippen LogP contribution >= 0.6 is 7.82 Å². The fraction of sp³-hybridized carbons (Fsp3) is 0.625. The zero-order valence-corrected chi connectivity index (χ0v) is 17.1. The number of phosphoric acid groups is 1.